The Morgan fingerprint density at radius 2 is 1.93 bits per heavy atom. The number of nitrogens with zero attached hydrogens (tertiary/aromatic N) is 4. The molecule has 0 radical (unpaired) electrons. The lowest BCUT2D eigenvalue weighted by Crippen LogP contribution is -2.33. The van der Waals surface area contributed by atoms with E-state index in [1.54, 1.807) is 0 Å². The van der Waals surface area contributed by atoms with Crippen LogP contribution >= 0.6 is 11.6 Å². The average Bonchev–Trinajstić information content (AvgIpc) is 3.25. The molecule has 11 nitrogen and oxygen atoms in total. The summed E-state index contributed by atoms with van der Waals surface area (Å²) in [6.45, 7) is -0.355. The Morgan fingerprint density at radius 3 is 2.66 bits per heavy atom. The Bertz CT molecular complexity index is 1050. The number of anilines is 1. The van der Waals surface area contributed by atoms with Crippen molar-refractivity contribution in [2.24, 2.45) is 0 Å². The Hall–Kier alpha value is -2.70. The van der Waals surface area contributed by atoms with Gasteiger partial charge in [-0.1, -0.05) is 11.6 Å². The number of imidazole rings is 1. The highest BCUT2D eigenvalue weighted by Crippen LogP contribution is 2.34. The first kappa shape index (κ1) is 19.6. The van der Waals surface area contributed by atoms with Crippen LogP contribution in [0.25, 0.3) is 11.2 Å². The van der Waals surface area contributed by atoms with Crippen LogP contribution in [0.5, 0.6) is 11.5 Å². The molecule has 4 atom stereocenters. The molecule has 0 aliphatic carbocycles. The van der Waals surface area contributed by atoms with Crippen molar-refractivity contribution < 1.29 is 30.3 Å². The van der Waals surface area contributed by atoms with E-state index in [2.05, 4.69) is 20.3 Å². The smallest absolute Gasteiger partial charge is 0.167 e. The van der Waals surface area contributed by atoms with Crippen LogP contribution in [0.3, 0.4) is 0 Å². The molecule has 12 heteroatoms. The van der Waals surface area contributed by atoms with Gasteiger partial charge in [0.05, 0.1) is 12.9 Å². The molecule has 1 aromatic carbocycles. The van der Waals surface area contributed by atoms with Crippen molar-refractivity contribution in [1.29, 1.82) is 0 Å². The van der Waals surface area contributed by atoms with E-state index >= 15 is 0 Å². The summed E-state index contributed by atoms with van der Waals surface area (Å²) in [5.41, 5.74) is 1.04. The molecule has 1 aliphatic rings. The number of ether oxygens (including phenoxy) is 1. The lowest BCUT2D eigenvalue weighted by molar-refractivity contribution is -0.0511. The molecule has 1 aliphatic heterocycles. The van der Waals surface area contributed by atoms with Gasteiger partial charge in [0.15, 0.2) is 34.7 Å². The number of hydrogen-bond donors (Lipinski definition) is 6. The van der Waals surface area contributed by atoms with Gasteiger partial charge in [0.1, 0.15) is 24.6 Å². The maximum absolute atomic E-state index is 10.2. The molecule has 1 unspecified atom stereocenters. The van der Waals surface area contributed by atoms with E-state index in [0.717, 1.165) is 0 Å². The topological polar surface area (TPSA) is 166 Å². The quantitative estimate of drug-likeness (QED) is 0.310. The summed E-state index contributed by atoms with van der Waals surface area (Å²) in [4.78, 5) is 12.5. The number of nitrogens with one attached hydrogen (secondary N) is 1. The Kier molecular flexibility index (Phi) is 5.15. The van der Waals surface area contributed by atoms with Crippen molar-refractivity contribution >= 4 is 28.6 Å². The molecule has 0 spiro atoms. The van der Waals surface area contributed by atoms with Gasteiger partial charge >= 0.3 is 0 Å². The number of phenolic OH excluding ortho intramolecular Hbond substituents is 2. The van der Waals surface area contributed by atoms with Gasteiger partial charge < -0.3 is 35.6 Å². The largest absolute Gasteiger partial charge is 0.504 e. The molecule has 4 rings (SSSR count). The summed E-state index contributed by atoms with van der Waals surface area (Å²) in [5.74, 6) is -0.306. The third kappa shape index (κ3) is 3.43. The summed E-state index contributed by atoms with van der Waals surface area (Å²) in [6.07, 6.45) is -1.77. The van der Waals surface area contributed by atoms with E-state index in [9.17, 15) is 25.5 Å². The van der Waals surface area contributed by atoms with Crippen LogP contribution in [0.1, 0.15) is 11.8 Å². The number of phenols is 2. The highest BCUT2D eigenvalue weighted by atomic mass is 35.5. The first-order chi connectivity index (χ1) is 13.9. The fraction of sp³-hybridized carbons (Fsp3) is 0.353. The average molecular weight is 424 g/mol. The van der Waals surface area contributed by atoms with Crippen LogP contribution in [0.15, 0.2) is 24.8 Å². The molecule has 0 amide bonds. The normalized spacial score (nSPS) is 24.3. The molecule has 0 bridgehead atoms. The molecular formula is C17H18ClN5O6. The van der Waals surface area contributed by atoms with Crippen LogP contribution in [0.2, 0.25) is 5.02 Å². The zero-order valence-corrected chi connectivity index (χ0v) is 15.6. The Balaban J connectivity index is 1.62. The minimum Gasteiger partial charge on any atom is -0.504 e. The molecule has 6 N–H and O–H groups in total. The lowest BCUT2D eigenvalue weighted by Gasteiger charge is -2.16. The third-order valence-corrected chi connectivity index (χ3v) is 4.95. The summed E-state index contributed by atoms with van der Waals surface area (Å²) in [7, 11) is 0. The number of fused-ring (bicyclic) bond motifs is 1. The van der Waals surface area contributed by atoms with Crippen LogP contribution in [0, 0.1) is 0 Å². The second-order valence-electron chi connectivity index (χ2n) is 6.56. The first-order valence-electron chi connectivity index (χ1n) is 8.65. The molecule has 2 aromatic heterocycles. The summed E-state index contributed by atoms with van der Waals surface area (Å²) < 4.78 is 6.95. The van der Waals surface area contributed by atoms with E-state index in [0.29, 0.717) is 22.5 Å². The van der Waals surface area contributed by atoms with Crippen molar-refractivity contribution in [1.82, 2.24) is 19.5 Å². The maximum Gasteiger partial charge on any atom is 0.167 e. The first-order valence-corrected chi connectivity index (χ1v) is 9.02. The summed E-state index contributed by atoms with van der Waals surface area (Å²) in [5, 5.41) is 52.4. The molecule has 154 valence electrons. The van der Waals surface area contributed by atoms with E-state index < -0.39 is 31.1 Å². The van der Waals surface area contributed by atoms with Crippen molar-refractivity contribution in [3.05, 3.63) is 35.4 Å². The SMILES string of the molecule is OC[C@H]1OC(n2cnc3c(NCc4cc(Cl)cc(O)c4O)ncnc32)[C@H](O)[C@@H]1O. The number of aromatic nitrogens is 4. The van der Waals surface area contributed by atoms with Crippen molar-refractivity contribution in [3.8, 4) is 11.5 Å². The van der Waals surface area contributed by atoms with E-state index in [1.807, 2.05) is 0 Å². The van der Waals surface area contributed by atoms with Crippen molar-refractivity contribution in [2.45, 2.75) is 31.1 Å². The molecular weight excluding hydrogens is 406 g/mol. The van der Waals surface area contributed by atoms with E-state index in [4.69, 9.17) is 16.3 Å². The van der Waals surface area contributed by atoms with E-state index in [1.165, 1.54) is 29.4 Å². The van der Waals surface area contributed by atoms with Gasteiger partial charge in [0.25, 0.3) is 0 Å². The maximum atomic E-state index is 10.2. The predicted molar refractivity (Wildman–Crippen MR) is 100 cm³/mol. The monoisotopic (exact) mass is 423 g/mol. The molecule has 1 fully saturated rings. The zero-order valence-electron chi connectivity index (χ0n) is 14.8. The van der Waals surface area contributed by atoms with Crippen molar-refractivity contribution in [3.63, 3.8) is 0 Å². The van der Waals surface area contributed by atoms with Crippen LogP contribution in [-0.2, 0) is 11.3 Å². The molecule has 3 aromatic rings. The minimum absolute atomic E-state index is 0.0901. The standard InChI is InChI=1S/C17H18ClN5O6/c18-8-1-7(12(26)9(25)2-8)3-19-15-11-16(21-5-20-15)23(6-22-11)17-14(28)13(27)10(4-24)29-17/h1-2,5-6,10,13-14,17,24-28H,3-4H2,(H,19,20,21)/t10-,13-,14-,17?/m1/s1. The molecule has 29 heavy (non-hydrogen) atoms. The predicted octanol–water partition coefficient (Wildman–Crippen LogP) is 0.114. The summed E-state index contributed by atoms with van der Waals surface area (Å²) >= 11 is 5.91. The molecule has 1 saturated heterocycles. The number of aliphatic hydroxyl groups excluding tert-OH is 3. The lowest BCUT2D eigenvalue weighted by atomic mass is 10.1. The van der Waals surface area contributed by atoms with E-state index in [-0.39, 0.29) is 23.1 Å². The molecule has 3 heterocycles. The van der Waals surface area contributed by atoms with Gasteiger partial charge in [-0.15, -0.1) is 0 Å². The van der Waals surface area contributed by atoms with Crippen LogP contribution < -0.4 is 5.32 Å². The fourth-order valence-electron chi connectivity index (χ4n) is 3.23. The summed E-state index contributed by atoms with van der Waals surface area (Å²) in [6, 6.07) is 2.73. The van der Waals surface area contributed by atoms with Gasteiger partial charge in [0.2, 0.25) is 0 Å². The Morgan fingerprint density at radius 1 is 1.14 bits per heavy atom. The van der Waals surface area contributed by atoms with Gasteiger partial charge in [-0.3, -0.25) is 4.57 Å². The number of benzene rings is 1. The van der Waals surface area contributed by atoms with Gasteiger partial charge in [-0.2, -0.15) is 0 Å². The highest BCUT2D eigenvalue weighted by molar-refractivity contribution is 6.30. The molecule has 0 saturated carbocycles. The number of aliphatic hydroxyl groups is 3. The number of aromatic hydroxyl groups is 2. The van der Waals surface area contributed by atoms with Gasteiger partial charge in [-0.25, -0.2) is 15.0 Å². The second kappa shape index (κ2) is 7.61. The zero-order chi connectivity index (χ0) is 20.7. The number of halogens is 1. The van der Waals surface area contributed by atoms with Crippen LogP contribution in [-0.4, -0.2) is 70.0 Å². The highest BCUT2D eigenvalue weighted by Gasteiger charge is 2.44. The van der Waals surface area contributed by atoms with Crippen molar-refractivity contribution in [2.75, 3.05) is 11.9 Å². The third-order valence-electron chi connectivity index (χ3n) is 4.73. The van der Waals surface area contributed by atoms with Gasteiger partial charge in [0, 0.05) is 23.2 Å². The number of rotatable bonds is 5. The second-order valence-corrected chi connectivity index (χ2v) is 7.00. The van der Waals surface area contributed by atoms with Gasteiger partial charge in [-0.05, 0) is 6.07 Å². The number of hydrogen-bond acceptors (Lipinski definition) is 10. The Labute approximate surface area is 168 Å². The van der Waals surface area contributed by atoms with Crippen LogP contribution in [0.4, 0.5) is 5.82 Å². The fourth-order valence-corrected chi connectivity index (χ4v) is 3.47. The minimum atomic E-state index is -1.28.